The molecule has 3 N–H and O–H groups in total. The van der Waals surface area contributed by atoms with Crippen molar-refractivity contribution in [3.05, 3.63) is 75.5 Å². The summed E-state index contributed by atoms with van der Waals surface area (Å²) in [5.74, 6) is -0.937. The van der Waals surface area contributed by atoms with E-state index in [-0.39, 0.29) is 5.91 Å². The quantitative estimate of drug-likeness (QED) is 0.593. The molecule has 1 atom stereocenters. The lowest BCUT2D eigenvalue weighted by Crippen LogP contribution is -2.45. The predicted molar refractivity (Wildman–Crippen MR) is 105 cm³/mol. The number of para-hydroxylation sites is 1. The Kier molecular flexibility index (Phi) is 5.28. The van der Waals surface area contributed by atoms with Crippen molar-refractivity contribution in [1.29, 1.82) is 0 Å². The Labute approximate surface area is 158 Å². The maximum Gasteiger partial charge on any atom is 0.253 e. The maximum absolute atomic E-state index is 12.5. The zero-order valence-electron chi connectivity index (χ0n) is 13.3. The second kappa shape index (κ2) is 7.60. The molecule has 0 saturated heterocycles. The Balaban J connectivity index is 1.77. The van der Waals surface area contributed by atoms with Crippen molar-refractivity contribution in [1.82, 2.24) is 10.3 Å². The normalized spacial score (nSPS) is 11.9. The van der Waals surface area contributed by atoms with Gasteiger partial charge >= 0.3 is 0 Å². The number of halogens is 1. The second-order valence-electron chi connectivity index (χ2n) is 5.68. The van der Waals surface area contributed by atoms with Gasteiger partial charge in [-0.2, -0.15) is 0 Å². The van der Waals surface area contributed by atoms with Crippen LogP contribution in [0.4, 0.5) is 0 Å². The van der Waals surface area contributed by atoms with Crippen LogP contribution in [0.15, 0.2) is 60.8 Å². The van der Waals surface area contributed by atoms with E-state index < -0.39 is 11.9 Å². The zero-order valence-corrected chi connectivity index (χ0v) is 15.4. The molecule has 0 aliphatic heterocycles. The highest BCUT2D eigenvalue weighted by atomic mass is 127. The smallest absolute Gasteiger partial charge is 0.253 e. The van der Waals surface area contributed by atoms with Gasteiger partial charge in [-0.25, -0.2) is 0 Å². The van der Waals surface area contributed by atoms with Gasteiger partial charge in [0.1, 0.15) is 6.04 Å². The third-order valence-electron chi connectivity index (χ3n) is 3.85. The average molecular weight is 445 g/mol. The summed E-state index contributed by atoms with van der Waals surface area (Å²) in [6.07, 6.45) is 1.85. The molecular weight excluding hydrogens is 429 g/mol. The van der Waals surface area contributed by atoms with Crippen molar-refractivity contribution in [3.63, 3.8) is 0 Å². The number of amides is 2. The Bertz CT molecular complexity index is 925. The van der Waals surface area contributed by atoms with Crippen LogP contribution in [-0.4, -0.2) is 22.8 Å². The van der Waals surface area contributed by atoms with Gasteiger partial charge in [0.2, 0.25) is 5.91 Å². The predicted octanol–water partition coefficient (Wildman–Crippen LogP) is 2.67. The molecule has 2 amide bonds. The maximum atomic E-state index is 12.5. The molecule has 0 saturated carbocycles. The molecule has 0 spiro atoms. The lowest BCUT2D eigenvalue weighted by atomic mass is 10.0. The largest absolute Gasteiger partial charge is 0.368 e. The van der Waals surface area contributed by atoms with Crippen LogP contribution >= 0.6 is 22.6 Å². The monoisotopic (exact) mass is 445 g/mol. The van der Waals surface area contributed by atoms with E-state index in [9.17, 15) is 9.59 Å². The summed E-state index contributed by atoms with van der Waals surface area (Å²) >= 11 is 2.21. The number of hydrogen-bond acceptors (Lipinski definition) is 3. The summed E-state index contributed by atoms with van der Waals surface area (Å²) in [7, 11) is 0. The van der Waals surface area contributed by atoms with Crippen LogP contribution in [0, 0.1) is 3.57 Å². The fourth-order valence-corrected chi connectivity index (χ4v) is 2.88. The summed E-state index contributed by atoms with van der Waals surface area (Å²) in [5.41, 5.74) is 7.60. The van der Waals surface area contributed by atoms with Crippen LogP contribution in [0.5, 0.6) is 0 Å². The summed E-state index contributed by atoms with van der Waals surface area (Å²) < 4.78 is 1.10. The van der Waals surface area contributed by atoms with Gasteiger partial charge in [0.25, 0.3) is 5.91 Å². The van der Waals surface area contributed by atoms with Crippen molar-refractivity contribution >= 4 is 45.3 Å². The average Bonchev–Trinajstić information content (AvgIpc) is 2.62. The van der Waals surface area contributed by atoms with E-state index in [0.717, 1.165) is 20.0 Å². The van der Waals surface area contributed by atoms with Gasteiger partial charge in [-0.05, 0) is 52.4 Å². The molecule has 0 bridgehead atoms. The fourth-order valence-electron chi connectivity index (χ4n) is 2.52. The number of rotatable bonds is 5. The lowest BCUT2D eigenvalue weighted by Gasteiger charge is -2.16. The molecule has 0 fully saturated rings. The standard InChI is InChI=1S/C19H16IN3O2/c20-15-7-5-12(6-8-15)9-17(18(21)24)23-19(25)14-10-13-3-1-2-4-16(13)22-11-14/h1-8,10-11,17H,9H2,(H2,21,24)(H,23,25)/t17-/m0/s1. The first kappa shape index (κ1) is 17.3. The first-order chi connectivity index (χ1) is 12.0. The molecule has 1 heterocycles. The molecule has 3 rings (SSSR count). The fraction of sp³-hybridized carbons (Fsp3) is 0.105. The number of nitrogens with one attached hydrogen (secondary N) is 1. The van der Waals surface area contributed by atoms with Gasteiger partial charge in [0, 0.05) is 21.6 Å². The molecule has 126 valence electrons. The number of pyridine rings is 1. The number of primary amides is 1. The minimum absolute atomic E-state index is 0.346. The molecular formula is C19H16IN3O2. The molecule has 2 aromatic carbocycles. The van der Waals surface area contributed by atoms with Gasteiger partial charge < -0.3 is 11.1 Å². The van der Waals surface area contributed by atoms with Crippen molar-refractivity contribution < 1.29 is 9.59 Å². The van der Waals surface area contributed by atoms with Crippen LogP contribution < -0.4 is 11.1 Å². The van der Waals surface area contributed by atoms with E-state index in [2.05, 4.69) is 32.9 Å². The van der Waals surface area contributed by atoms with E-state index in [1.165, 1.54) is 6.20 Å². The Hall–Kier alpha value is -2.48. The minimum Gasteiger partial charge on any atom is -0.368 e. The highest BCUT2D eigenvalue weighted by molar-refractivity contribution is 14.1. The van der Waals surface area contributed by atoms with Crippen molar-refractivity contribution in [2.75, 3.05) is 0 Å². The third kappa shape index (κ3) is 4.33. The Morgan fingerprint density at radius 1 is 1.12 bits per heavy atom. The van der Waals surface area contributed by atoms with Crippen LogP contribution in [0.3, 0.4) is 0 Å². The number of aromatic nitrogens is 1. The molecule has 0 aliphatic carbocycles. The van der Waals surface area contributed by atoms with Crippen molar-refractivity contribution in [2.24, 2.45) is 5.73 Å². The SMILES string of the molecule is NC(=O)[C@H](Cc1ccc(I)cc1)NC(=O)c1cnc2ccccc2c1. The molecule has 6 heteroatoms. The topological polar surface area (TPSA) is 85.1 Å². The molecule has 0 radical (unpaired) electrons. The van der Waals surface area contributed by atoms with Crippen LogP contribution in [0.25, 0.3) is 10.9 Å². The summed E-state index contributed by atoms with van der Waals surface area (Å²) in [6.45, 7) is 0. The zero-order chi connectivity index (χ0) is 17.8. The van der Waals surface area contributed by atoms with Gasteiger partial charge in [0.15, 0.2) is 0 Å². The van der Waals surface area contributed by atoms with E-state index >= 15 is 0 Å². The van der Waals surface area contributed by atoms with Crippen LogP contribution in [-0.2, 0) is 11.2 Å². The molecule has 25 heavy (non-hydrogen) atoms. The molecule has 0 aliphatic rings. The van der Waals surface area contributed by atoms with E-state index in [1.807, 2.05) is 48.5 Å². The molecule has 3 aromatic rings. The van der Waals surface area contributed by atoms with E-state index in [4.69, 9.17) is 5.73 Å². The van der Waals surface area contributed by atoms with Crippen LogP contribution in [0.2, 0.25) is 0 Å². The minimum atomic E-state index is -0.779. The molecule has 0 unspecified atom stereocenters. The highest BCUT2D eigenvalue weighted by Crippen LogP contribution is 2.13. The number of nitrogens with two attached hydrogens (primary N) is 1. The van der Waals surface area contributed by atoms with Gasteiger partial charge in [-0.3, -0.25) is 14.6 Å². The van der Waals surface area contributed by atoms with Crippen molar-refractivity contribution in [2.45, 2.75) is 12.5 Å². The first-order valence-electron chi connectivity index (χ1n) is 7.72. The van der Waals surface area contributed by atoms with Gasteiger partial charge in [0.05, 0.1) is 11.1 Å². The first-order valence-corrected chi connectivity index (χ1v) is 8.80. The number of benzene rings is 2. The Morgan fingerprint density at radius 2 is 1.84 bits per heavy atom. The molecule has 5 nitrogen and oxygen atoms in total. The number of fused-ring (bicyclic) bond motifs is 1. The summed E-state index contributed by atoms with van der Waals surface area (Å²) in [4.78, 5) is 28.5. The number of carbonyl (C=O) groups is 2. The number of hydrogen-bond donors (Lipinski definition) is 2. The van der Waals surface area contributed by atoms with E-state index in [1.54, 1.807) is 6.07 Å². The lowest BCUT2D eigenvalue weighted by molar-refractivity contribution is -0.119. The Morgan fingerprint density at radius 3 is 2.56 bits per heavy atom. The highest BCUT2D eigenvalue weighted by Gasteiger charge is 2.20. The molecule has 1 aromatic heterocycles. The summed E-state index contributed by atoms with van der Waals surface area (Å²) in [6, 6.07) is 16.2. The summed E-state index contributed by atoms with van der Waals surface area (Å²) in [5, 5.41) is 3.57. The second-order valence-corrected chi connectivity index (χ2v) is 6.92. The third-order valence-corrected chi connectivity index (χ3v) is 4.57. The van der Waals surface area contributed by atoms with E-state index in [0.29, 0.717) is 12.0 Å². The van der Waals surface area contributed by atoms with Gasteiger partial charge in [-0.1, -0.05) is 30.3 Å². The number of nitrogens with zero attached hydrogens (tertiary/aromatic N) is 1. The number of carbonyl (C=O) groups excluding carboxylic acids is 2. The van der Waals surface area contributed by atoms with Gasteiger partial charge in [-0.15, -0.1) is 0 Å². The van der Waals surface area contributed by atoms with Crippen molar-refractivity contribution in [3.8, 4) is 0 Å². The van der Waals surface area contributed by atoms with Crippen LogP contribution in [0.1, 0.15) is 15.9 Å².